The summed E-state index contributed by atoms with van der Waals surface area (Å²) in [7, 11) is 0. The first kappa shape index (κ1) is 13.9. The minimum absolute atomic E-state index is 0. The number of hydrogen-bond acceptors (Lipinski definition) is 6. The quantitative estimate of drug-likeness (QED) is 0.902. The van der Waals surface area contributed by atoms with Crippen LogP contribution >= 0.6 is 12.4 Å². The number of nitrogens with one attached hydrogen (secondary N) is 1. The number of rotatable bonds is 2. The van der Waals surface area contributed by atoms with Crippen LogP contribution in [0.5, 0.6) is 0 Å². The fourth-order valence-electron chi connectivity index (χ4n) is 1.99. The van der Waals surface area contributed by atoms with E-state index in [4.69, 9.17) is 9.26 Å². The van der Waals surface area contributed by atoms with Crippen LogP contribution in [0.3, 0.4) is 0 Å². The first-order chi connectivity index (χ1) is 8.84. The fraction of sp³-hybridized carbons (Fsp3) is 0.417. The van der Waals surface area contributed by atoms with Crippen molar-refractivity contribution in [3.8, 4) is 11.4 Å². The Morgan fingerprint density at radius 3 is 2.84 bits per heavy atom. The molecule has 0 spiro atoms. The number of hydrogen-bond donors (Lipinski definition) is 1. The van der Waals surface area contributed by atoms with Gasteiger partial charge in [-0.2, -0.15) is 4.98 Å². The molecule has 102 valence electrons. The van der Waals surface area contributed by atoms with Gasteiger partial charge in [-0.15, -0.1) is 12.4 Å². The second-order valence-corrected chi connectivity index (χ2v) is 4.20. The predicted octanol–water partition coefficient (Wildman–Crippen LogP) is 1.60. The van der Waals surface area contributed by atoms with E-state index in [1.165, 1.54) is 0 Å². The molecule has 3 rings (SSSR count). The van der Waals surface area contributed by atoms with Gasteiger partial charge in [-0.3, -0.25) is 4.98 Å². The van der Waals surface area contributed by atoms with Crippen LogP contribution in [0.4, 0.5) is 0 Å². The predicted molar refractivity (Wildman–Crippen MR) is 70.9 cm³/mol. The summed E-state index contributed by atoms with van der Waals surface area (Å²) in [6.45, 7) is 3.50. The molecule has 7 heteroatoms. The van der Waals surface area contributed by atoms with E-state index in [1.807, 2.05) is 19.1 Å². The summed E-state index contributed by atoms with van der Waals surface area (Å²) in [5.74, 6) is 1.14. The molecule has 2 aromatic rings. The number of ether oxygens (including phenoxy) is 1. The van der Waals surface area contributed by atoms with E-state index in [0.717, 1.165) is 12.1 Å². The van der Waals surface area contributed by atoms with Gasteiger partial charge in [0, 0.05) is 24.5 Å². The molecule has 6 nitrogen and oxygen atoms in total. The van der Waals surface area contributed by atoms with E-state index in [9.17, 15) is 0 Å². The Balaban J connectivity index is 0.00000133. The zero-order valence-electron chi connectivity index (χ0n) is 10.4. The average molecular weight is 283 g/mol. The first-order valence-electron chi connectivity index (χ1n) is 5.93. The van der Waals surface area contributed by atoms with E-state index < -0.39 is 0 Å². The highest BCUT2D eigenvalue weighted by molar-refractivity contribution is 5.85. The van der Waals surface area contributed by atoms with Gasteiger partial charge in [0.2, 0.25) is 11.7 Å². The highest BCUT2D eigenvalue weighted by Gasteiger charge is 2.28. The normalized spacial score (nSPS) is 22.8. The van der Waals surface area contributed by atoms with Gasteiger partial charge in [-0.25, -0.2) is 0 Å². The molecule has 1 saturated heterocycles. The lowest BCUT2D eigenvalue weighted by molar-refractivity contribution is -0.00136. The van der Waals surface area contributed by atoms with Gasteiger partial charge in [-0.1, -0.05) is 5.16 Å². The Kier molecular flexibility index (Phi) is 4.47. The van der Waals surface area contributed by atoms with Crippen LogP contribution in [0.25, 0.3) is 11.4 Å². The third-order valence-corrected chi connectivity index (χ3v) is 2.96. The van der Waals surface area contributed by atoms with Gasteiger partial charge in [0.15, 0.2) is 0 Å². The Labute approximate surface area is 117 Å². The molecule has 0 radical (unpaired) electrons. The van der Waals surface area contributed by atoms with E-state index in [2.05, 4.69) is 20.4 Å². The second-order valence-electron chi connectivity index (χ2n) is 4.20. The van der Waals surface area contributed by atoms with Gasteiger partial charge < -0.3 is 14.6 Å². The van der Waals surface area contributed by atoms with Crippen molar-refractivity contribution < 1.29 is 9.26 Å². The van der Waals surface area contributed by atoms with Crippen molar-refractivity contribution >= 4 is 12.4 Å². The lowest BCUT2D eigenvalue weighted by atomic mass is 10.1. The summed E-state index contributed by atoms with van der Waals surface area (Å²) in [4.78, 5) is 8.37. The van der Waals surface area contributed by atoms with Crippen LogP contribution in [0.15, 0.2) is 29.0 Å². The van der Waals surface area contributed by atoms with Gasteiger partial charge in [0.25, 0.3) is 0 Å². The zero-order valence-corrected chi connectivity index (χ0v) is 11.3. The van der Waals surface area contributed by atoms with Crippen molar-refractivity contribution in [1.82, 2.24) is 20.4 Å². The third-order valence-electron chi connectivity index (χ3n) is 2.96. The number of morpholine rings is 1. The number of aromatic nitrogens is 3. The molecule has 0 saturated carbocycles. The smallest absolute Gasteiger partial charge is 0.246 e. The first-order valence-corrected chi connectivity index (χ1v) is 5.93. The summed E-state index contributed by atoms with van der Waals surface area (Å²) in [6.07, 6.45) is 3.44. The molecule has 2 atom stereocenters. The lowest BCUT2D eigenvalue weighted by Crippen LogP contribution is -2.40. The Hall–Kier alpha value is -1.50. The van der Waals surface area contributed by atoms with Crippen molar-refractivity contribution in [3.63, 3.8) is 0 Å². The minimum Gasteiger partial charge on any atom is -0.375 e. The van der Waals surface area contributed by atoms with Crippen molar-refractivity contribution in [2.75, 3.05) is 13.2 Å². The maximum atomic E-state index is 5.56. The monoisotopic (exact) mass is 282 g/mol. The van der Waals surface area contributed by atoms with Crippen molar-refractivity contribution in [2.45, 2.75) is 19.1 Å². The minimum atomic E-state index is -0.0400. The zero-order chi connectivity index (χ0) is 12.4. The van der Waals surface area contributed by atoms with Crippen molar-refractivity contribution in [1.29, 1.82) is 0 Å². The summed E-state index contributed by atoms with van der Waals surface area (Å²) in [5.41, 5.74) is 0.893. The Morgan fingerprint density at radius 2 is 2.11 bits per heavy atom. The molecule has 1 N–H and O–H groups in total. The molecule has 0 aromatic carbocycles. The van der Waals surface area contributed by atoms with E-state index in [0.29, 0.717) is 18.3 Å². The Morgan fingerprint density at radius 1 is 1.32 bits per heavy atom. The maximum absolute atomic E-state index is 5.56. The van der Waals surface area contributed by atoms with E-state index in [-0.39, 0.29) is 24.6 Å². The molecule has 1 aliphatic rings. The molecule has 1 aliphatic heterocycles. The van der Waals surface area contributed by atoms with Gasteiger partial charge in [0.05, 0.1) is 12.7 Å². The molecule has 19 heavy (non-hydrogen) atoms. The molecule has 0 amide bonds. The second kappa shape index (κ2) is 6.10. The molecule has 1 fully saturated rings. The molecular weight excluding hydrogens is 268 g/mol. The van der Waals surface area contributed by atoms with Gasteiger partial charge in [0.1, 0.15) is 6.04 Å². The van der Waals surface area contributed by atoms with E-state index in [1.54, 1.807) is 12.4 Å². The van der Waals surface area contributed by atoms with Crippen molar-refractivity contribution in [2.24, 2.45) is 0 Å². The van der Waals surface area contributed by atoms with Gasteiger partial charge in [-0.05, 0) is 19.1 Å². The molecule has 3 heterocycles. The van der Waals surface area contributed by atoms with Crippen LogP contribution in [0.1, 0.15) is 18.9 Å². The number of nitrogens with zero attached hydrogens (tertiary/aromatic N) is 3. The van der Waals surface area contributed by atoms with Crippen LogP contribution in [0.2, 0.25) is 0 Å². The standard InChI is InChI=1S/C12H14N4O2.ClH/c1-8-10(14-6-7-17-8)12-15-11(16-18-12)9-2-4-13-5-3-9;/h2-5,8,10,14H,6-7H2,1H3;1H/t8-,10+;/m1./s1. The summed E-state index contributed by atoms with van der Waals surface area (Å²) < 4.78 is 10.9. The Bertz CT molecular complexity index is 519. The maximum Gasteiger partial charge on any atom is 0.246 e. The fourth-order valence-corrected chi connectivity index (χ4v) is 1.99. The van der Waals surface area contributed by atoms with Crippen LogP contribution in [0, 0.1) is 0 Å². The SMILES string of the molecule is C[C@H]1OCCN[C@@H]1c1nc(-c2ccncc2)no1.Cl. The summed E-state index contributed by atoms with van der Waals surface area (Å²) in [6, 6.07) is 3.66. The van der Waals surface area contributed by atoms with Crippen molar-refractivity contribution in [3.05, 3.63) is 30.4 Å². The number of pyridine rings is 1. The number of halogens is 1. The summed E-state index contributed by atoms with van der Waals surface area (Å²) in [5, 5.41) is 7.30. The molecular formula is C12H15ClN4O2. The summed E-state index contributed by atoms with van der Waals surface area (Å²) >= 11 is 0. The van der Waals surface area contributed by atoms with Crippen LogP contribution < -0.4 is 5.32 Å². The average Bonchev–Trinajstić information content (AvgIpc) is 2.90. The largest absolute Gasteiger partial charge is 0.375 e. The topological polar surface area (TPSA) is 73.1 Å². The molecule has 0 aliphatic carbocycles. The molecule has 0 bridgehead atoms. The third kappa shape index (κ3) is 2.91. The molecule has 0 unspecified atom stereocenters. The highest BCUT2D eigenvalue weighted by Crippen LogP contribution is 2.22. The lowest BCUT2D eigenvalue weighted by Gasteiger charge is -2.27. The molecule has 2 aromatic heterocycles. The highest BCUT2D eigenvalue weighted by atomic mass is 35.5. The van der Waals surface area contributed by atoms with Gasteiger partial charge >= 0.3 is 0 Å². The van der Waals surface area contributed by atoms with Crippen LogP contribution in [-0.2, 0) is 4.74 Å². The van der Waals surface area contributed by atoms with E-state index >= 15 is 0 Å². The van der Waals surface area contributed by atoms with Crippen LogP contribution in [-0.4, -0.2) is 34.4 Å².